The van der Waals surface area contributed by atoms with Crippen molar-refractivity contribution in [3.63, 3.8) is 0 Å². The third-order valence-electron chi connectivity index (χ3n) is 2.21. The minimum Gasteiger partial charge on any atom is -0.392 e. The molecular weight excluding hydrogens is 150 g/mol. The molecule has 0 aliphatic carbocycles. The number of hydrogen-bond donors (Lipinski definition) is 2. The van der Waals surface area contributed by atoms with Crippen LogP contribution in [0.25, 0.3) is 0 Å². The fraction of sp³-hybridized carbons (Fsp3) is 1.00. The zero-order valence-electron chi connectivity index (χ0n) is 8.42. The van der Waals surface area contributed by atoms with E-state index >= 15 is 0 Å². The van der Waals surface area contributed by atoms with Gasteiger partial charge in [-0.2, -0.15) is 0 Å². The van der Waals surface area contributed by atoms with Gasteiger partial charge in [0.05, 0.1) is 6.10 Å². The van der Waals surface area contributed by atoms with Crippen molar-refractivity contribution in [1.82, 2.24) is 0 Å². The van der Waals surface area contributed by atoms with Crippen molar-refractivity contribution in [2.45, 2.75) is 64.5 Å². The van der Waals surface area contributed by atoms with Gasteiger partial charge in [-0.05, 0) is 13.3 Å². The Morgan fingerprint density at radius 3 is 2.25 bits per heavy atom. The van der Waals surface area contributed by atoms with E-state index in [9.17, 15) is 5.11 Å². The van der Waals surface area contributed by atoms with Gasteiger partial charge in [-0.1, -0.05) is 39.0 Å². The Bertz CT molecular complexity index is 93.8. The van der Waals surface area contributed by atoms with E-state index in [-0.39, 0.29) is 12.1 Å². The molecule has 0 heterocycles. The molecule has 2 atom stereocenters. The SMILES string of the molecule is CCCCCCCC(O)C(C)N. The van der Waals surface area contributed by atoms with Crippen LogP contribution < -0.4 is 5.73 Å². The Balaban J connectivity index is 3.08. The van der Waals surface area contributed by atoms with Crippen LogP contribution in [0.1, 0.15) is 52.4 Å². The number of hydrogen-bond acceptors (Lipinski definition) is 2. The highest BCUT2D eigenvalue weighted by molar-refractivity contribution is 4.65. The van der Waals surface area contributed by atoms with E-state index in [1.54, 1.807) is 0 Å². The van der Waals surface area contributed by atoms with E-state index in [4.69, 9.17) is 5.73 Å². The molecule has 0 spiro atoms. The van der Waals surface area contributed by atoms with Crippen LogP contribution in [0.5, 0.6) is 0 Å². The molecule has 2 unspecified atom stereocenters. The summed E-state index contributed by atoms with van der Waals surface area (Å²) in [6, 6.07) is -0.0730. The fourth-order valence-corrected chi connectivity index (χ4v) is 1.22. The van der Waals surface area contributed by atoms with Crippen LogP contribution in [-0.4, -0.2) is 17.3 Å². The van der Waals surface area contributed by atoms with Gasteiger partial charge in [-0.15, -0.1) is 0 Å². The monoisotopic (exact) mass is 173 g/mol. The Morgan fingerprint density at radius 2 is 1.75 bits per heavy atom. The highest BCUT2D eigenvalue weighted by Gasteiger charge is 2.07. The summed E-state index contributed by atoms with van der Waals surface area (Å²) in [5.74, 6) is 0. The zero-order chi connectivity index (χ0) is 9.40. The van der Waals surface area contributed by atoms with Crippen molar-refractivity contribution < 1.29 is 5.11 Å². The highest BCUT2D eigenvalue weighted by Crippen LogP contribution is 2.08. The molecule has 0 aromatic carbocycles. The molecular formula is C10H23NO. The first-order valence-corrected chi connectivity index (χ1v) is 5.12. The van der Waals surface area contributed by atoms with Crippen LogP contribution >= 0.6 is 0 Å². The van der Waals surface area contributed by atoms with Crippen molar-refractivity contribution in [3.8, 4) is 0 Å². The zero-order valence-corrected chi connectivity index (χ0v) is 8.42. The molecule has 0 aliphatic heterocycles. The van der Waals surface area contributed by atoms with Crippen molar-refractivity contribution in [2.24, 2.45) is 5.73 Å². The first-order chi connectivity index (χ1) is 5.68. The summed E-state index contributed by atoms with van der Waals surface area (Å²) in [5, 5.41) is 9.36. The van der Waals surface area contributed by atoms with Gasteiger partial charge in [0.1, 0.15) is 0 Å². The lowest BCUT2D eigenvalue weighted by molar-refractivity contribution is 0.138. The second-order valence-electron chi connectivity index (χ2n) is 3.63. The van der Waals surface area contributed by atoms with Gasteiger partial charge in [0.25, 0.3) is 0 Å². The predicted octanol–water partition coefficient (Wildman–Crippen LogP) is 2.06. The average Bonchev–Trinajstić information content (AvgIpc) is 2.03. The molecule has 0 amide bonds. The topological polar surface area (TPSA) is 46.2 Å². The highest BCUT2D eigenvalue weighted by atomic mass is 16.3. The third kappa shape index (κ3) is 6.62. The average molecular weight is 173 g/mol. The van der Waals surface area contributed by atoms with E-state index < -0.39 is 0 Å². The first-order valence-electron chi connectivity index (χ1n) is 5.12. The second kappa shape index (κ2) is 7.56. The molecule has 3 N–H and O–H groups in total. The molecule has 0 radical (unpaired) electrons. The summed E-state index contributed by atoms with van der Waals surface area (Å²) in [5.41, 5.74) is 5.53. The molecule has 12 heavy (non-hydrogen) atoms. The molecule has 0 rings (SSSR count). The third-order valence-corrected chi connectivity index (χ3v) is 2.21. The van der Waals surface area contributed by atoms with Crippen LogP contribution in [0.4, 0.5) is 0 Å². The minimum atomic E-state index is -0.299. The van der Waals surface area contributed by atoms with Gasteiger partial charge in [-0.3, -0.25) is 0 Å². The largest absolute Gasteiger partial charge is 0.392 e. The van der Waals surface area contributed by atoms with E-state index in [0.717, 1.165) is 12.8 Å². The lowest BCUT2D eigenvalue weighted by Crippen LogP contribution is -2.31. The normalized spacial score (nSPS) is 16.0. The smallest absolute Gasteiger partial charge is 0.0688 e. The van der Waals surface area contributed by atoms with Crippen LogP contribution in [0, 0.1) is 0 Å². The summed E-state index contributed by atoms with van der Waals surface area (Å²) in [6.07, 6.45) is 6.79. The Labute approximate surface area is 76.2 Å². The maximum atomic E-state index is 9.36. The van der Waals surface area contributed by atoms with Crippen molar-refractivity contribution >= 4 is 0 Å². The van der Waals surface area contributed by atoms with Crippen molar-refractivity contribution in [1.29, 1.82) is 0 Å². The maximum Gasteiger partial charge on any atom is 0.0688 e. The van der Waals surface area contributed by atoms with Gasteiger partial charge in [0, 0.05) is 6.04 Å². The van der Waals surface area contributed by atoms with Crippen molar-refractivity contribution in [2.75, 3.05) is 0 Å². The van der Waals surface area contributed by atoms with Gasteiger partial charge in [0.15, 0.2) is 0 Å². The molecule has 0 bridgehead atoms. The Kier molecular flexibility index (Phi) is 7.51. The quantitative estimate of drug-likeness (QED) is 0.579. The minimum absolute atomic E-state index is 0.0730. The summed E-state index contributed by atoms with van der Waals surface area (Å²) in [7, 11) is 0. The molecule has 0 aromatic heterocycles. The van der Waals surface area contributed by atoms with E-state index in [1.165, 1.54) is 25.7 Å². The lowest BCUT2D eigenvalue weighted by Gasteiger charge is -2.13. The summed E-state index contributed by atoms with van der Waals surface area (Å²) in [4.78, 5) is 0. The van der Waals surface area contributed by atoms with Crippen LogP contribution in [0.15, 0.2) is 0 Å². The van der Waals surface area contributed by atoms with E-state index in [0.29, 0.717) is 0 Å². The summed E-state index contributed by atoms with van der Waals surface area (Å²) in [6.45, 7) is 4.06. The van der Waals surface area contributed by atoms with E-state index in [2.05, 4.69) is 6.92 Å². The number of aliphatic hydroxyl groups is 1. The summed E-state index contributed by atoms with van der Waals surface area (Å²) < 4.78 is 0. The molecule has 0 fully saturated rings. The first kappa shape index (κ1) is 11.9. The number of nitrogens with two attached hydrogens (primary N) is 1. The molecule has 2 heteroatoms. The maximum absolute atomic E-state index is 9.36. The van der Waals surface area contributed by atoms with Gasteiger partial charge in [-0.25, -0.2) is 0 Å². The fourth-order valence-electron chi connectivity index (χ4n) is 1.22. The molecule has 0 saturated heterocycles. The Morgan fingerprint density at radius 1 is 1.17 bits per heavy atom. The summed E-state index contributed by atoms with van der Waals surface area (Å²) >= 11 is 0. The Hall–Kier alpha value is -0.0800. The molecule has 2 nitrogen and oxygen atoms in total. The number of rotatable bonds is 7. The van der Waals surface area contributed by atoms with Gasteiger partial charge >= 0.3 is 0 Å². The van der Waals surface area contributed by atoms with Crippen LogP contribution in [-0.2, 0) is 0 Å². The van der Waals surface area contributed by atoms with E-state index in [1.807, 2.05) is 6.92 Å². The second-order valence-corrected chi connectivity index (χ2v) is 3.63. The predicted molar refractivity (Wildman–Crippen MR) is 53.0 cm³/mol. The van der Waals surface area contributed by atoms with Gasteiger partial charge < -0.3 is 10.8 Å². The standard InChI is InChI=1S/C10H23NO/c1-3-4-5-6-7-8-10(12)9(2)11/h9-10,12H,3-8,11H2,1-2H3. The number of aliphatic hydroxyl groups excluding tert-OH is 1. The molecule has 0 saturated carbocycles. The molecule has 74 valence electrons. The lowest BCUT2D eigenvalue weighted by atomic mass is 10.0. The number of unbranched alkanes of at least 4 members (excludes halogenated alkanes) is 4. The molecule has 0 aliphatic rings. The van der Waals surface area contributed by atoms with Crippen LogP contribution in [0.2, 0.25) is 0 Å². The van der Waals surface area contributed by atoms with Gasteiger partial charge in [0.2, 0.25) is 0 Å². The van der Waals surface area contributed by atoms with Crippen molar-refractivity contribution in [3.05, 3.63) is 0 Å². The molecule has 0 aromatic rings. The van der Waals surface area contributed by atoms with Crippen LogP contribution in [0.3, 0.4) is 0 Å².